The summed E-state index contributed by atoms with van der Waals surface area (Å²) >= 11 is 3.47. The van der Waals surface area contributed by atoms with E-state index in [9.17, 15) is 4.79 Å². The molecular weight excluding hydrogens is 410 g/mol. The van der Waals surface area contributed by atoms with E-state index in [1.807, 2.05) is 55.5 Å². The molecule has 1 N–H and O–H groups in total. The van der Waals surface area contributed by atoms with Crippen LogP contribution in [0.25, 0.3) is 0 Å². The molecule has 0 aliphatic carbocycles. The van der Waals surface area contributed by atoms with Gasteiger partial charge in [-0.05, 0) is 48.2 Å². The summed E-state index contributed by atoms with van der Waals surface area (Å²) in [6, 6.07) is 24.4. The third kappa shape index (κ3) is 5.32. The minimum absolute atomic E-state index is 0.0869. The van der Waals surface area contributed by atoms with Gasteiger partial charge < -0.3 is 5.32 Å². The molecule has 0 amide bonds. The Morgan fingerprint density at radius 3 is 2.00 bits per heavy atom. The molecular formula is C25H26BrNO. The highest BCUT2D eigenvalue weighted by Crippen LogP contribution is 2.27. The molecule has 0 radical (unpaired) electrons. The molecule has 0 fully saturated rings. The van der Waals surface area contributed by atoms with Crippen molar-refractivity contribution in [1.29, 1.82) is 0 Å². The van der Waals surface area contributed by atoms with Gasteiger partial charge in [0.15, 0.2) is 5.78 Å². The molecule has 0 spiro atoms. The van der Waals surface area contributed by atoms with Gasteiger partial charge in [0.1, 0.15) is 0 Å². The van der Waals surface area contributed by atoms with Crippen molar-refractivity contribution in [3.63, 3.8) is 0 Å². The minimum atomic E-state index is -0.0869. The molecule has 1 atom stereocenters. The van der Waals surface area contributed by atoms with Crippen molar-refractivity contribution >= 4 is 27.4 Å². The fourth-order valence-corrected chi connectivity index (χ4v) is 3.42. The lowest BCUT2D eigenvalue weighted by molar-refractivity contribution is 0.0976. The Hall–Kier alpha value is -2.39. The highest BCUT2D eigenvalue weighted by atomic mass is 79.9. The van der Waals surface area contributed by atoms with Gasteiger partial charge in [-0.25, -0.2) is 0 Å². The molecule has 28 heavy (non-hydrogen) atoms. The van der Waals surface area contributed by atoms with E-state index < -0.39 is 0 Å². The number of ketones is 1. The number of aryl methyl sites for hydroxylation is 1. The van der Waals surface area contributed by atoms with E-state index in [4.69, 9.17) is 0 Å². The van der Waals surface area contributed by atoms with E-state index in [2.05, 4.69) is 59.4 Å². The second-order valence-electron chi connectivity index (χ2n) is 7.52. The van der Waals surface area contributed by atoms with E-state index >= 15 is 0 Å². The smallest absolute Gasteiger partial charge is 0.165 e. The molecule has 3 aromatic rings. The summed E-state index contributed by atoms with van der Waals surface area (Å²) in [5.74, 6) is 0.628. The molecule has 3 rings (SSSR count). The Kier molecular flexibility index (Phi) is 6.69. The first-order valence-corrected chi connectivity index (χ1v) is 10.4. The van der Waals surface area contributed by atoms with Crippen LogP contribution >= 0.6 is 15.9 Å². The van der Waals surface area contributed by atoms with Gasteiger partial charge in [0, 0.05) is 22.1 Å². The summed E-state index contributed by atoms with van der Waals surface area (Å²) in [5.41, 5.74) is 5.33. The summed E-state index contributed by atoms with van der Waals surface area (Å²) in [4.78, 5) is 12.9. The lowest BCUT2D eigenvalue weighted by atomic mass is 9.94. The Balaban J connectivity index is 1.85. The van der Waals surface area contributed by atoms with Crippen molar-refractivity contribution in [3.05, 3.63) is 99.5 Å². The second kappa shape index (κ2) is 9.20. The molecule has 144 valence electrons. The largest absolute Gasteiger partial charge is 0.378 e. The van der Waals surface area contributed by atoms with E-state index in [1.54, 1.807) is 0 Å². The predicted molar refractivity (Wildman–Crippen MR) is 121 cm³/mol. The zero-order chi connectivity index (χ0) is 20.1. The lowest BCUT2D eigenvalue weighted by Crippen LogP contribution is -2.16. The number of Topliss-reactive ketones (excluding diaryl/α,β-unsaturated/α-hetero) is 1. The van der Waals surface area contributed by atoms with Crippen molar-refractivity contribution in [1.82, 2.24) is 0 Å². The average molecular weight is 436 g/mol. The molecule has 0 unspecified atom stereocenters. The van der Waals surface area contributed by atoms with Gasteiger partial charge >= 0.3 is 0 Å². The number of benzene rings is 3. The van der Waals surface area contributed by atoms with Crippen LogP contribution in [0.3, 0.4) is 0 Å². The van der Waals surface area contributed by atoms with Gasteiger partial charge in [0.2, 0.25) is 0 Å². The van der Waals surface area contributed by atoms with Gasteiger partial charge in [0.25, 0.3) is 0 Å². The first-order chi connectivity index (χ1) is 13.4. The number of carbonyl (C=O) groups is 1. The fraction of sp³-hybridized carbons (Fsp3) is 0.240. The summed E-state index contributed by atoms with van der Waals surface area (Å²) in [5, 5.41) is 3.54. The molecule has 0 saturated heterocycles. The molecule has 3 aromatic carbocycles. The lowest BCUT2D eigenvalue weighted by Gasteiger charge is -2.21. The van der Waals surface area contributed by atoms with Crippen molar-refractivity contribution in [2.24, 2.45) is 0 Å². The summed E-state index contributed by atoms with van der Waals surface area (Å²) in [7, 11) is 0. The van der Waals surface area contributed by atoms with E-state index in [-0.39, 0.29) is 11.8 Å². The molecule has 0 saturated carbocycles. The van der Waals surface area contributed by atoms with E-state index in [0.29, 0.717) is 12.3 Å². The van der Waals surface area contributed by atoms with Crippen LogP contribution in [0.5, 0.6) is 0 Å². The number of hydrogen-bond acceptors (Lipinski definition) is 2. The molecule has 0 aromatic heterocycles. The maximum absolute atomic E-state index is 12.9. The number of anilines is 1. The van der Waals surface area contributed by atoms with Gasteiger partial charge in [0.05, 0.1) is 6.04 Å². The number of hydrogen-bond donors (Lipinski definition) is 1. The van der Waals surface area contributed by atoms with Crippen LogP contribution in [0.15, 0.2) is 77.3 Å². The molecule has 0 aliphatic rings. The molecule has 0 aliphatic heterocycles. The topological polar surface area (TPSA) is 29.1 Å². The van der Waals surface area contributed by atoms with Crippen LogP contribution in [0, 0.1) is 6.92 Å². The minimum Gasteiger partial charge on any atom is -0.378 e. The maximum Gasteiger partial charge on any atom is 0.165 e. The van der Waals surface area contributed by atoms with Crippen LogP contribution in [-0.4, -0.2) is 5.78 Å². The first kappa shape index (κ1) is 20.3. The number of rotatable bonds is 7. The average Bonchev–Trinajstić information content (AvgIpc) is 2.69. The Morgan fingerprint density at radius 1 is 0.857 bits per heavy atom. The summed E-state index contributed by atoms with van der Waals surface area (Å²) in [6.45, 7) is 6.41. The van der Waals surface area contributed by atoms with Crippen LogP contribution in [0.2, 0.25) is 0 Å². The normalized spacial score (nSPS) is 12.0. The van der Waals surface area contributed by atoms with E-state index in [0.717, 1.165) is 26.9 Å². The second-order valence-corrected chi connectivity index (χ2v) is 8.43. The Bertz CT molecular complexity index is 912. The van der Waals surface area contributed by atoms with Gasteiger partial charge in [-0.3, -0.25) is 4.79 Å². The third-order valence-electron chi connectivity index (χ3n) is 4.95. The summed E-state index contributed by atoms with van der Waals surface area (Å²) in [6.07, 6.45) is 0.403. The molecule has 3 heteroatoms. The van der Waals surface area contributed by atoms with Crippen molar-refractivity contribution < 1.29 is 4.79 Å². The standard InChI is InChI=1S/C25H26BrNO/c1-17(2)19-8-10-20(11-9-19)24(27-23-14-12-22(26)13-15-23)16-25(28)21-6-4-18(3)5-7-21/h4-15,17,24,27H,16H2,1-3H3/t24-/m1/s1. The molecule has 2 nitrogen and oxygen atoms in total. The van der Waals surface area contributed by atoms with Crippen molar-refractivity contribution in [2.75, 3.05) is 5.32 Å². The number of carbonyl (C=O) groups excluding carboxylic acids is 1. The van der Waals surface area contributed by atoms with Crippen molar-refractivity contribution in [2.45, 2.75) is 39.2 Å². The Morgan fingerprint density at radius 2 is 1.43 bits per heavy atom. The van der Waals surface area contributed by atoms with Gasteiger partial charge in [-0.15, -0.1) is 0 Å². The molecule has 0 heterocycles. The van der Waals surface area contributed by atoms with E-state index in [1.165, 1.54) is 5.56 Å². The SMILES string of the molecule is Cc1ccc(C(=O)C[C@@H](Nc2ccc(Br)cc2)c2ccc(C(C)C)cc2)cc1. The first-order valence-electron chi connectivity index (χ1n) is 9.64. The highest BCUT2D eigenvalue weighted by molar-refractivity contribution is 9.10. The molecule has 0 bridgehead atoms. The summed E-state index contributed by atoms with van der Waals surface area (Å²) < 4.78 is 1.03. The maximum atomic E-state index is 12.9. The Labute approximate surface area is 176 Å². The zero-order valence-corrected chi connectivity index (χ0v) is 18.2. The number of halogens is 1. The quantitative estimate of drug-likeness (QED) is 0.394. The third-order valence-corrected chi connectivity index (χ3v) is 5.48. The van der Waals surface area contributed by atoms with Crippen LogP contribution in [-0.2, 0) is 0 Å². The van der Waals surface area contributed by atoms with Crippen LogP contribution < -0.4 is 5.32 Å². The van der Waals surface area contributed by atoms with Gasteiger partial charge in [-0.2, -0.15) is 0 Å². The van der Waals surface area contributed by atoms with Crippen LogP contribution in [0.4, 0.5) is 5.69 Å². The monoisotopic (exact) mass is 435 g/mol. The fourth-order valence-electron chi connectivity index (χ4n) is 3.16. The van der Waals surface area contributed by atoms with Crippen LogP contribution in [0.1, 0.15) is 59.3 Å². The zero-order valence-electron chi connectivity index (χ0n) is 16.6. The number of nitrogens with one attached hydrogen (secondary N) is 1. The van der Waals surface area contributed by atoms with Crippen molar-refractivity contribution in [3.8, 4) is 0 Å². The predicted octanol–water partition coefficient (Wildman–Crippen LogP) is 7.31. The van der Waals surface area contributed by atoms with Gasteiger partial charge in [-0.1, -0.05) is 83.9 Å². The highest BCUT2D eigenvalue weighted by Gasteiger charge is 2.18.